The molecule has 2 aromatic rings. The summed E-state index contributed by atoms with van der Waals surface area (Å²) in [6.45, 7) is 1.89. The first kappa shape index (κ1) is 14.8. The zero-order chi connectivity index (χ0) is 14.7. The maximum Gasteiger partial charge on any atom is 0.349 e. The number of thiophene rings is 1. The van der Waals surface area contributed by atoms with Crippen LogP contribution in [0.1, 0.15) is 27.0 Å². The molecule has 0 bridgehead atoms. The van der Waals surface area contributed by atoms with Gasteiger partial charge in [-0.2, -0.15) is 0 Å². The van der Waals surface area contributed by atoms with E-state index >= 15 is 0 Å². The van der Waals surface area contributed by atoms with Crippen LogP contribution in [0.25, 0.3) is 0 Å². The molecule has 2 rings (SSSR count). The number of benzene rings is 1. The SMILES string of the molecule is CCc1cc(OCc2ccc(Cl)cc2F)c(C(=O)O)s1. The van der Waals surface area contributed by atoms with E-state index in [9.17, 15) is 9.18 Å². The van der Waals surface area contributed by atoms with Crippen molar-refractivity contribution in [1.29, 1.82) is 0 Å². The summed E-state index contributed by atoms with van der Waals surface area (Å²) in [6.07, 6.45) is 0.726. The molecule has 0 atom stereocenters. The summed E-state index contributed by atoms with van der Waals surface area (Å²) in [5.74, 6) is -1.24. The van der Waals surface area contributed by atoms with Gasteiger partial charge in [0.05, 0.1) is 0 Å². The van der Waals surface area contributed by atoms with E-state index in [4.69, 9.17) is 21.4 Å². The third-order valence-electron chi connectivity index (χ3n) is 2.69. The van der Waals surface area contributed by atoms with E-state index in [1.54, 1.807) is 12.1 Å². The highest BCUT2D eigenvalue weighted by atomic mass is 35.5. The maximum absolute atomic E-state index is 13.6. The van der Waals surface area contributed by atoms with Crippen LogP contribution in [0.3, 0.4) is 0 Å². The minimum atomic E-state index is -1.04. The maximum atomic E-state index is 13.6. The predicted octanol–water partition coefficient (Wildman–Crippen LogP) is 4.38. The molecule has 0 saturated heterocycles. The van der Waals surface area contributed by atoms with Crippen molar-refractivity contribution in [2.45, 2.75) is 20.0 Å². The Morgan fingerprint density at radius 2 is 2.20 bits per heavy atom. The van der Waals surface area contributed by atoms with E-state index in [0.29, 0.717) is 10.6 Å². The average molecular weight is 315 g/mol. The van der Waals surface area contributed by atoms with Gasteiger partial charge in [0.25, 0.3) is 0 Å². The molecule has 3 nitrogen and oxygen atoms in total. The molecule has 0 aliphatic heterocycles. The first-order valence-corrected chi connectivity index (χ1v) is 7.13. The van der Waals surface area contributed by atoms with Crippen molar-refractivity contribution in [3.8, 4) is 5.75 Å². The van der Waals surface area contributed by atoms with Crippen LogP contribution in [-0.4, -0.2) is 11.1 Å². The minimum Gasteiger partial charge on any atom is -0.487 e. The molecule has 0 fully saturated rings. The number of hydrogen-bond acceptors (Lipinski definition) is 3. The monoisotopic (exact) mass is 314 g/mol. The Labute approximate surface area is 124 Å². The topological polar surface area (TPSA) is 46.5 Å². The van der Waals surface area contributed by atoms with Gasteiger partial charge in [0.2, 0.25) is 0 Å². The van der Waals surface area contributed by atoms with Gasteiger partial charge in [-0.25, -0.2) is 9.18 Å². The second kappa shape index (κ2) is 6.24. The number of carboxylic acids is 1. The summed E-state index contributed by atoms with van der Waals surface area (Å²) >= 11 is 6.84. The highest BCUT2D eigenvalue weighted by Gasteiger charge is 2.16. The van der Waals surface area contributed by atoms with Crippen molar-refractivity contribution < 1.29 is 19.0 Å². The molecular weight excluding hydrogens is 303 g/mol. The van der Waals surface area contributed by atoms with Crippen LogP contribution in [0.2, 0.25) is 5.02 Å². The Bertz CT molecular complexity index is 639. The van der Waals surface area contributed by atoms with Crippen molar-refractivity contribution in [2.24, 2.45) is 0 Å². The second-order valence-corrected chi connectivity index (χ2v) is 5.66. The van der Waals surface area contributed by atoms with Crippen molar-refractivity contribution >= 4 is 28.9 Å². The first-order chi connectivity index (χ1) is 9.51. The van der Waals surface area contributed by atoms with Gasteiger partial charge in [-0.1, -0.05) is 24.6 Å². The Morgan fingerprint density at radius 3 is 2.80 bits per heavy atom. The van der Waals surface area contributed by atoms with E-state index in [1.807, 2.05) is 6.92 Å². The number of aryl methyl sites for hydroxylation is 1. The number of carbonyl (C=O) groups is 1. The van der Waals surface area contributed by atoms with Gasteiger partial charge in [-0.3, -0.25) is 0 Å². The molecule has 20 heavy (non-hydrogen) atoms. The van der Waals surface area contributed by atoms with E-state index in [0.717, 1.165) is 11.3 Å². The Hall–Kier alpha value is -1.59. The van der Waals surface area contributed by atoms with Crippen LogP contribution < -0.4 is 4.74 Å². The molecule has 0 unspecified atom stereocenters. The number of ether oxygens (including phenoxy) is 1. The number of carboxylic acid groups (broad SMARTS) is 1. The molecule has 106 valence electrons. The molecule has 0 aliphatic carbocycles. The lowest BCUT2D eigenvalue weighted by Crippen LogP contribution is -2.01. The predicted molar refractivity (Wildman–Crippen MR) is 76.4 cm³/mol. The number of aromatic carboxylic acids is 1. The summed E-state index contributed by atoms with van der Waals surface area (Å²) in [5.41, 5.74) is 0.329. The first-order valence-electron chi connectivity index (χ1n) is 5.94. The third kappa shape index (κ3) is 3.29. The standard InChI is InChI=1S/C14H12ClFO3S/c1-2-10-6-12(13(20-10)14(17)18)19-7-8-3-4-9(15)5-11(8)16/h3-6H,2,7H2,1H3,(H,17,18). The number of rotatable bonds is 5. The molecule has 1 N–H and O–H groups in total. The molecule has 0 amide bonds. The van der Waals surface area contributed by atoms with Gasteiger partial charge < -0.3 is 9.84 Å². The van der Waals surface area contributed by atoms with Crippen LogP contribution in [0.15, 0.2) is 24.3 Å². The lowest BCUT2D eigenvalue weighted by molar-refractivity contribution is 0.0697. The van der Waals surface area contributed by atoms with E-state index in [2.05, 4.69) is 0 Å². The molecule has 6 heteroatoms. The average Bonchev–Trinajstić information content (AvgIpc) is 2.81. The third-order valence-corrected chi connectivity index (χ3v) is 4.17. The quantitative estimate of drug-likeness (QED) is 0.890. The number of hydrogen-bond donors (Lipinski definition) is 1. The summed E-state index contributed by atoms with van der Waals surface area (Å²) in [7, 11) is 0. The lowest BCUT2D eigenvalue weighted by Gasteiger charge is -2.06. The van der Waals surface area contributed by atoms with Crippen LogP contribution in [0.4, 0.5) is 4.39 Å². The zero-order valence-electron chi connectivity index (χ0n) is 10.7. The van der Waals surface area contributed by atoms with E-state index < -0.39 is 11.8 Å². The van der Waals surface area contributed by atoms with Gasteiger partial charge in [-0.05, 0) is 24.6 Å². The molecule has 1 aromatic heterocycles. The van der Waals surface area contributed by atoms with Gasteiger partial charge in [-0.15, -0.1) is 11.3 Å². The van der Waals surface area contributed by atoms with Crippen LogP contribution in [0.5, 0.6) is 5.75 Å². The van der Waals surface area contributed by atoms with Crippen LogP contribution >= 0.6 is 22.9 Å². The van der Waals surface area contributed by atoms with Crippen molar-refractivity contribution in [3.05, 3.63) is 50.4 Å². The second-order valence-electron chi connectivity index (χ2n) is 4.09. The van der Waals surface area contributed by atoms with Crippen molar-refractivity contribution in [2.75, 3.05) is 0 Å². The fourth-order valence-corrected chi connectivity index (χ4v) is 2.68. The van der Waals surface area contributed by atoms with Crippen LogP contribution in [-0.2, 0) is 13.0 Å². The highest BCUT2D eigenvalue weighted by Crippen LogP contribution is 2.30. The summed E-state index contributed by atoms with van der Waals surface area (Å²) in [6, 6.07) is 5.96. The molecule has 1 heterocycles. The molecular formula is C14H12ClFO3S. The van der Waals surface area contributed by atoms with Gasteiger partial charge >= 0.3 is 5.97 Å². The van der Waals surface area contributed by atoms with E-state index in [1.165, 1.54) is 23.5 Å². The van der Waals surface area contributed by atoms with Crippen molar-refractivity contribution in [3.63, 3.8) is 0 Å². The molecule has 0 saturated carbocycles. The highest BCUT2D eigenvalue weighted by molar-refractivity contribution is 7.14. The van der Waals surface area contributed by atoms with Gasteiger partial charge in [0.1, 0.15) is 18.2 Å². The number of halogens is 2. The normalized spacial score (nSPS) is 10.6. The summed E-state index contributed by atoms with van der Waals surface area (Å²) in [4.78, 5) is 12.2. The lowest BCUT2D eigenvalue weighted by atomic mass is 10.2. The molecule has 0 radical (unpaired) electrons. The Morgan fingerprint density at radius 1 is 1.45 bits per heavy atom. The summed E-state index contributed by atoms with van der Waals surface area (Å²) in [5, 5.41) is 9.41. The van der Waals surface area contributed by atoms with Crippen molar-refractivity contribution in [1.82, 2.24) is 0 Å². The van der Waals surface area contributed by atoms with Gasteiger partial charge in [0.15, 0.2) is 4.88 Å². The van der Waals surface area contributed by atoms with Crippen LogP contribution in [0, 0.1) is 5.82 Å². The Kier molecular flexibility index (Phi) is 4.62. The minimum absolute atomic E-state index is 0.0385. The Balaban J connectivity index is 2.18. The fourth-order valence-electron chi connectivity index (χ4n) is 1.65. The van der Waals surface area contributed by atoms with Gasteiger partial charge in [0, 0.05) is 15.5 Å². The molecule has 1 aromatic carbocycles. The smallest absolute Gasteiger partial charge is 0.349 e. The van der Waals surface area contributed by atoms with E-state index in [-0.39, 0.29) is 17.2 Å². The zero-order valence-corrected chi connectivity index (χ0v) is 12.2. The molecule has 0 aliphatic rings. The largest absolute Gasteiger partial charge is 0.487 e. The summed E-state index contributed by atoms with van der Waals surface area (Å²) < 4.78 is 19.0. The fraction of sp³-hybridized carbons (Fsp3) is 0.214. The molecule has 0 spiro atoms.